The third-order valence-electron chi connectivity index (χ3n) is 6.47. The molecule has 0 spiro atoms. The number of benzene rings is 1. The van der Waals surface area contributed by atoms with Crippen molar-refractivity contribution in [2.24, 2.45) is 5.92 Å². The molecule has 8 nitrogen and oxygen atoms in total. The van der Waals surface area contributed by atoms with E-state index in [1.165, 1.54) is 17.0 Å². The van der Waals surface area contributed by atoms with Crippen molar-refractivity contribution >= 4 is 29.6 Å². The molecule has 4 rings (SSSR count). The number of nitrogens with zero attached hydrogens (tertiary/aromatic N) is 4. The van der Waals surface area contributed by atoms with Gasteiger partial charge in [0.25, 0.3) is 0 Å². The van der Waals surface area contributed by atoms with Crippen molar-refractivity contribution in [1.82, 2.24) is 25.1 Å². The number of piperazine rings is 1. The molecule has 2 saturated heterocycles. The number of urea groups is 1. The summed E-state index contributed by atoms with van der Waals surface area (Å²) in [7, 11) is 1.71. The average Bonchev–Trinajstić information content (AvgIpc) is 3.31. The number of carbonyl (C=O) groups excluding carboxylic acids is 3. The fourth-order valence-electron chi connectivity index (χ4n) is 4.81. The van der Waals surface area contributed by atoms with Gasteiger partial charge < -0.3 is 15.1 Å². The Labute approximate surface area is 204 Å². The zero-order valence-corrected chi connectivity index (χ0v) is 20.7. The molecule has 184 valence electrons. The predicted molar refractivity (Wildman–Crippen MR) is 129 cm³/mol. The van der Waals surface area contributed by atoms with Crippen LogP contribution in [0.15, 0.2) is 35.2 Å². The molecule has 1 aromatic carbocycles. The first-order valence-electron chi connectivity index (χ1n) is 11.7. The molecular formula is C24H32FN5O3S. The molecule has 0 saturated carbocycles. The molecular weight excluding hydrogens is 457 g/mol. The van der Waals surface area contributed by atoms with Gasteiger partial charge in [-0.3, -0.25) is 9.59 Å². The third kappa shape index (κ3) is 5.07. The average molecular weight is 490 g/mol. The van der Waals surface area contributed by atoms with Crippen LogP contribution in [0.2, 0.25) is 0 Å². The van der Waals surface area contributed by atoms with Crippen LogP contribution in [0.4, 0.5) is 9.18 Å². The van der Waals surface area contributed by atoms with E-state index >= 15 is 0 Å². The van der Waals surface area contributed by atoms with Gasteiger partial charge in [0.15, 0.2) is 0 Å². The van der Waals surface area contributed by atoms with Gasteiger partial charge in [0.05, 0.1) is 13.1 Å². The van der Waals surface area contributed by atoms with Crippen molar-refractivity contribution < 1.29 is 18.8 Å². The lowest BCUT2D eigenvalue weighted by Crippen LogP contribution is -2.76. The summed E-state index contributed by atoms with van der Waals surface area (Å²) in [5.41, 5.74) is 0.769. The number of fused-ring (bicyclic) bond motifs is 1. The second-order valence-electron chi connectivity index (χ2n) is 9.26. The van der Waals surface area contributed by atoms with Crippen LogP contribution in [-0.4, -0.2) is 82.3 Å². The van der Waals surface area contributed by atoms with Crippen LogP contribution in [0.5, 0.6) is 0 Å². The molecule has 4 amide bonds. The summed E-state index contributed by atoms with van der Waals surface area (Å²) in [6, 6.07) is 4.97. The van der Waals surface area contributed by atoms with E-state index in [0.717, 1.165) is 24.2 Å². The quantitative estimate of drug-likeness (QED) is 0.665. The highest BCUT2D eigenvalue weighted by atomic mass is 32.2. The molecule has 34 heavy (non-hydrogen) atoms. The van der Waals surface area contributed by atoms with E-state index in [9.17, 15) is 18.8 Å². The van der Waals surface area contributed by atoms with Crippen molar-refractivity contribution in [2.45, 2.75) is 45.4 Å². The van der Waals surface area contributed by atoms with Crippen molar-refractivity contribution in [1.29, 1.82) is 0 Å². The smallest absolute Gasteiger partial charge is 0.334 e. The van der Waals surface area contributed by atoms with Crippen LogP contribution in [0, 0.1) is 11.7 Å². The van der Waals surface area contributed by atoms with E-state index in [-0.39, 0.29) is 49.2 Å². The molecule has 2 fully saturated rings. The molecule has 0 radical (unpaired) electrons. The highest BCUT2D eigenvalue weighted by Crippen LogP contribution is 2.31. The van der Waals surface area contributed by atoms with E-state index in [2.05, 4.69) is 11.4 Å². The SMILES string of the molecule is CC(C)[C@H]1C(=O)N(CCC2=CCCS2)C[C@H]2N1C(=O)CN(C)N2C(=O)NCc1ccc(F)cc1. The van der Waals surface area contributed by atoms with E-state index in [1.807, 2.05) is 25.6 Å². The highest BCUT2D eigenvalue weighted by Gasteiger charge is 2.51. The second-order valence-corrected chi connectivity index (χ2v) is 10.5. The number of halogens is 1. The van der Waals surface area contributed by atoms with Crippen LogP contribution >= 0.6 is 11.8 Å². The highest BCUT2D eigenvalue weighted by molar-refractivity contribution is 8.03. The Hall–Kier alpha value is -2.59. The summed E-state index contributed by atoms with van der Waals surface area (Å²) in [6.07, 6.45) is 3.47. The molecule has 10 heteroatoms. The Balaban J connectivity index is 1.54. The summed E-state index contributed by atoms with van der Waals surface area (Å²) in [5.74, 6) is 0.443. The van der Waals surface area contributed by atoms with Gasteiger partial charge in [0.2, 0.25) is 11.8 Å². The number of thioether (sulfide) groups is 1. The maximum Gasteiger partial charge on any atom is 0.334 e. The molecule has 0 aliphatic carbocycles. The first-order valence-corrected chi connectivity index (χ1v) is 12.7. The lowest BCUT2D eigenvalue weighted by atomic mass is 9.96. The number of likely N-dealkylation sites (N-methyl/N-ethyl adjacent to an activating group) is 1. The van der Waals surface area contributed by atoms with E-state index < -0.39 is 12.2 Å². The minimum Gasteiger partial charge on any atom is -0.337 e. The molecule has 0 aromatic heterocycles. The van der Waals surface area contributed by atoms with Crippen LogP contribution in [0.1, 0.15) is 32.3 Å². The Kier molecular flexibility index (Phi) is 7.47. The first kappa shape index (κ1) is 24.5. The van der Waals surface area contributed by atoms with Crippen LogP contribution in [-0.2, 0) is 16.1 Å². The van der Waals surface area contributed by atoms with Gasteiger partial charge in [-0.05, 0) is 41.4 Å². The number of amides is 4. The van der Waals surface area contributed by atoms with E-state index in [1.54, 1.807) is 39.0 Å². The van der Waals surface area contributed by atoms with Crippen molar-refractivity contribution in [3.05, 3.63) is 46.6 Å². The van der Waals surface area contributed by atoms with Crippen molar-refractivity contribution in [3.8, 4) is 0 Å². The van der Waals surface area contributed by atoms with Gasteiger partial charge >= 0.3 is 6.03 Å². The lowest BCUT2D eigenvalue weighted by Gasteiger charge is -2.55. The number of rotatable bonds is 6. The zero-order valence-electron chi connectivity index (χ0n) is 19.9. The minimum absolute atomic E-state index is 0.0144. The van der Waals surface area contributed by atoms with Gasteiger partial charge in [0, 0.05) is 25.9 Å². The zero-order chi connectivity index (χ0) is 24.4. The fraction of sp³-hybridized carbons (Fsp3) is 0.542. The molecule has 3 heterocycles. The normalized spacial score (nSPS) is 23.4. The molecule has 0 unspecified atom stereocenters. The number of hydrogen-bond donors (Lipinski definition) is 1. The number of hydrazine groups is 1. The standard InChI is InChI=1S/C24H32FN5O3S/c1-16(2)22-23(32)28(11-10-19-5-4-12-34-19)14-20-29(22)21(31)15-27(3)30(20)24(33)26-13-17-6-8-18(25)9-7-17/h5-9,16,20,22H,4,10-15H2,1-3H3,(H,26,33)/t20-,22-/m0/s1. The Morgan fingerprint density at radius 3 is 2.62 bits per heavy atom. The summed E-state index contributed by atoms with van der Waals surface area (Å²) in [5, 5.41) is 6.04. The number of hydrogen-bond acceptors (Lipinski definition) is 5. The Morgan fingerprint density at radius 2 is 1.97 bits per heavy atom. The largest absolute Gasteiger partial charge is 0.337 e. The fourth-order valence-corrected chi connectivity index (χ4v) is 5.78. The monoisotopic (exact) mass is 489 g/mol. The van der Waals surface area contributed by atoms with Crippen LogP contribution in [0.25, 0.3) is 0 Å². The summed E-state index contributed by atoms with van der Waals surface area (Å²) < 4.78 is 13.2. The molecule has 1 aromatic rings. The maximum absolute atomic E-state index is 13.4. The van der Waals surface area contributed by atoms with Crippen molar-refractivity contribution in [2.75, 3.05) is 32.4 Å². The van der Waals surface area contributed by atoms with Gasteiger partial charge in [-0.15, -0.1) is 11.8 Å². The van der Waals surface area contributed by atoms with E-state index in [0.29, 0.717) is 6.54 Å². The molecule has 3 aliphatic heterocycles. The lowest BCUT2D eigenvalue weighted by molar-refractivity contribution is -0.189. The number of carbonyl (C=O) groups is 3. The molecule has 3 aliphatic rings. The van der Waals surface area contributed by atoms with Gasteiger partial charge in [-0.1, -0.05) is 32.1 Å². The molecule has 0 bridgehead atoms. The van der Waals surface area contributed by atoms with Gasteiger partial charge in [-0.25, -0.2) is 19.2 Å². The first-order chi connectivity index (χ1) is 16.3. The topological polar surface area (TPSA) is 76.2 Å². The Morgan fingerprint density at radius 1 is 1.24 bits per heavy atom. The van der Waals surface area contributed by atoms with Gasteiger partial charge in [0.1, 0.15) is 18.0 Å². The van der Waals surface area contributed by atoms with Gasteiger partial charge in [-0.2, -0.15) is 0 Å². The maximum atomic E-state index is 13.4. The van der Waals surface area contributed by atoms with Crippen LogP contribution in [0.3, 0.4) is 0 Å². The second kappa shape index (κ2) is 10.4. The third-order valence-corrected chi connectivity index (χ3v) is 7.65. The van der Waals surface area contributed by atoms with E-state index in [4.69, 9.17) is 0 Å². The molecule has 2 atom stereocenters. The Bertz CT molecular complexity index is 970. The summed E-state index contributed by atoms with van der Waals surface area (Å²) >= 11 is 1.83. The number of allylic oxidation sites excluding steroid dienone is 1. The van der Waals surface area contributed by atoms with Crippen molar-refractivity contribution in [3.63, 3.8) is 0 Å². The minimum atomic E-state index is -0.613. The number of nitrogens with one attached hydrogen (secondary N) is 1. The van der Waals surface area contributed by atoms with Crippen LogP contribution < -0.4 is 5.32 Å². The molecule has 1 N–H and O–H groups in total. The predicted octanol–water partition coefficient (Wildman–Crippen LogP) is 2.63. The summed E-state index contributed by atoms with van der Waals surface area (Å²) in [6.45, 7) is 4.94. The summed E-state index contributed by atoms with van der Waals surface area (Å²) in [4.78, 5) is 44.5.